The molecule has 0 saturated heterocycles. The molecule has 1 aliphatic rings. The molecule has 0 radical (unpaired) electrons. The summed E-state index contributed by atoms with van der Waals surface area (Å²) in [6.07, 6.45) is 3.61. The largest absolute Gasteiger partial charge is 0.350 e. The fourth-order valence-electron chi connectivity index (χ4n) is 1.84. The molecule has 1 aliphatic carbocycles. The van der Waals surface area contributed by atoms with Crippen molar-refractivity contribution in [3.8, 4) is 0 Å². The normalized spacial score (nSPS) is 17.2. The van der Waals surface area contributed by atoms with Crippen LogP contribution in [-0.2, 0) is 15.6 Å². The van der Waals surface area contributed by atoms with E-state index in [0.29, 0.717) is 18.8 Å². The first kappa shape index (κ1) is 14.4. The van der Waals surface area contributed by atoms with E-state index in [1.165, 1.54) is 12.3 Å². The molecule has 1 N–H and O–H groups in total. The van der Waals surface area contributed by atoms with Gasteiger partial charge in [-0.3, -0.25) is 4.79 Å². The van der Waals surface area contributed by atoms with Crippen LogP contribution in [0.4, 0.5) is 0 Å². The Kier molecular flexibility index (Phi) is 3.66. The number of rotatable bonds is 5. The van der Waals surface area contributed by atoms with Crippen LogP contribution >= 0.6 is 10.7 Å². The molecular formula is C12H17ClN2O3S. The zero-order valence-corrected chi connectivity index (χ0v) is 12.5. The van der Waals surface area contributed by atoms with Gasteiger partial charge in [0.1, 0.15) is 10.6 Å². The fourth-order valence-corrected chi connectivity index (χ4v) is 2.60. The highest BCUT2D eigenvalue weighted by Gasteiger charge is 2.37. The lowest BCUT2D eigenvalue weighted by Crippen LogP contribution is -2.30. The number of hydrogen-bond donors (Lipinski definition) is 1. The molecular weight excluding hydrogens is 288 g/mol. The van der Waals surface area contributed by atoms with Gasteiger partial charge < -0.3 is 9.88 Å². The Labute approximate surface area is 117 Å². The van der Waals surface area contributed by atoms with Crippen LogP contribution in [0.1, 0.15) is 37.2 Å². The van der Waals surface area contributed by atoms with Gasteiger partial charge in [0, 0.05) is 30.0 Å². The van der Waals surface area contributed by atoms with Crippen molar-refractivity contribution >= 4 is 25.6 Å². The van der Waals surface area contributed by atoms with Crippen LogP contribution < -0.4 is 5.32 Å². The number of amides is 1. The highest BCUT2D eigenvalue weighted by Crippen LogP contribution is 2.44. The van der Waals surface area contributed by atoms with Gasteiger partial charge in [0.25, 0.3) is 15.0 Å². The highest BCUT2D eigenvalue weighted by molar-refractivity contribution is 8.13. The molecule has 0 atom stereocenters. The van der Waals surface area contributed by atoms with Crippen LogP contribution in [0.5, 0.6) is 0 Å². The minimum atomic E-state index is -3.81. The number of carbonyl (C=O) groups is 1. The van der Waals surface area contributed by atoms with E-state index in [1.807, 2.05) is 6.92 Å². The first-order chi connectivity index (χ1) is 8.75. The predicted octanol–water partition coefficient (Wildman–Crippen LogP) is 1.97. The third-order valence-electron chi connectivity index (χ3n) is 3.51. The standard InChI is InChI=1S/C12H17ClN2O3S/c1-3-15-7-9(19(13,17)18)6-10(15)11(16)14-8-12(2)4-5-12/h6-7H,3-5,8H2,1-2H3,(H,14,16). The average molecular weight is 305 g/mol. The Morgan fingerprint density at radius 1 is 1.53 bits per heavy atom. The molecule has 19 heavy (non-hydrogen) atoms. The van der Waals surface area contributed by atoms with Crippen LogP contribution in [-0.4, -0.2) is 25.4 Å². The van der Waals surface area contributed by atoms with Gasteiger partial charge in [-0.2, -0.15) is 0 Å². The molecule has 1 aromatic heterocycles. The molecule has 0 aliphatic heterocycles. The molecule has 1 fully saturated rings. The van der Waals surface area contributed by atoms with Crippen LogP contribution in [0, 0.1) is 5.41 Å². The summed E-state index contributed by atoms with van der Waals surface area (Å²) >= 11 is 0. The summed E-state index contributed by atoms with van der Waals surface area (Å²) in [6.45, 7) is 5.07. The second-order valence-corrected chi connectivity index (χ2v) is 7.84. The Hall–Kier alpha value is -1.01. The predicted molar refractivity (Wildman–Crippen MR) is 72.8 cm³/mol. The van der Waals surface area contributed by atoms with Crippen molar-refractivity contribution in [3.63, 3.8) is 0 Å². The molecule has 0 bridgehead atoms. The fraction of sp³-hybridized carbons (Fsp3) is 0.583. The summed E-state index contributed by atoms with van der Waals surface area (Å²) in [5, 5.41) is 2.84. The van der Waals surface area contributed by atoms with E-state index >= 15 is 0 Å². The van der Waals surface area contributed by atoms with E-state index in [1.54, 1.807) is 4.57 Å². The van der Waals surface area contributed by atoms with Gasteiger partial charge in [-0.25, -0.2) is 8.42 Å². The number of nitrogens with one attached hydrogen (secondary N) is 1. The van der Waals surface area contributed by atoms with Crippen molar-refractivity contribution in [2.24, 2.45) is 5.41 Å². The third-order valence-corrected chi connectivity index (χ3v) is 4.83. The molecule has 5 nitrogen and oxygen atoms in total. The molecule has 1 amide bonds. The van der Waals surface area contributed by atoms with Crippen molar-refractivity contribution in [1.29, 1.82) is 0 Å². The lowest BCUT2D eigenvalue weighted by Gasteiger charge is -2.11. The van der Waals surface area contributed by atoms with Crippen LogP contribution in [0.15, 0.2) is 17.2 Å². The molecule has 0 aromatic carbocycles. The number of aromatic nitrogens is 1. The molecule has 106 valence electrons. The van der Waals surface area contributed by atoms with Gasteiger partial charge in [0.15, 0.2) is 0 Å². The van der Waals surface area contributed by atoms with Gasteiger partial charge in [-0.1, -0.05) is 6.92 Å². The van der Waals surface area contributed by atoms with E-state index in [9.17, 15) is 13.2 Å². The van der Waals surface area contributed by atoms with Gasteiger partial charge in [0.05, 0.1) is 0 Å². The molecule has 0 spiro atoms. The minimum absolute atomic E-state index is 0.0428. The minimum Gasteiger partial charge on any atom is -0.350 e. The number of aryl methyl sites for hydroxylation is 1. The number of carbonyl (C=O) groups excluding carboxylic acids is 1. The maximum atomic E-state index is 12.1. The first-order valence-electron chi connectivity index (χ1n) is 6.18. The first-order valence-corrected chi connectivity index (χ1v) is 8.49. The number of hydrogen-bond acceptors (Lipinski definition) is 3. The summed E-state index contributed by atoms with van der Waals surface area (Å²) in [7, 11) is 1.48. The second-order valence-electron chi connectivity index (χ2n) is 5.28. The van der Waals surface area contributed by atoms with Crippen molar-refractivity contribution in [2.75, 3.05) is 6.54 Å². The lowest BCUT2D eigenvalue weighted by molar-refractivity contribution is 0.0937. The quantitative estimate of drug-likeness (QED) is 0.846. The van der Waals surface area contributed by atoms with Gasteiger partial charge in [-0.05, 0) is 31.2 Å². The van der Waals surface area contributed by atoms with E-state index < -0.39 is 9.05 Å². The Morgan fingerprint density at radius 3 is 2.63 bits per heavy atom. The van der Waals surface area contributed by atoms with E-state index in [0.717, 1.165) is 12.8 Å². The van der Waals surface area contributed by atoms with Crippen LogP contribution in [0.25, 0.3) is 0 Å². The van der Waals surface area contributed by atoms with Crippen molar-refractivity contribution in [1.82, 2.24) is 9.88 Å². The smallest absolute Gasteiger partial charge is 0.267 e. The summed E-state index contributed by atoms with van der Waals surface area (Å²) < 4.78 is 24.2. The zero-order chi connectivity index (χ0) is 14.3. The summed E-state index contributed by atoms with van der Waals surface area (Å²) in [5.41, 5.74) is 0.534. The van der Waals surface area contributed by atoms with Crippen LogP contribution in [0.2, 0.25) is 0 Å². The van der Waals surface area contributed by atoms with E-state index in [4.69, 9.17) is 10.7 Å². The summed E-state index contributed by atoms with van der Waals surface area (Å²) in [5.74, 6) is -0.262. The summed E-state index contributed by atoms with van der Waals surface area (Å²) in [6, 6.07) is 1.32. The monoisotopic (exact) mass is 304 g/mol. The van der Waals surface area contributed by atoms with Gasteiger partial charge >= 0.3 is 0 Å². The van der Waals surface area contributed by atoms with Crippen molar-refractivity contribution < 1.29 is 13.2 Å². The molecule has 2 rings (SSSR count). The maximum Gasteiger partial charge on any atom is 0.267 e. The highest BCUT2D eigenvalue weighted by atomic mass is 35.7. The number of halogens is 1. The molecule has 1 heterocycles. The average Bonchev–Trinajstić information content (AvgIpc) is 2.91. The third kappa shape index (κ3) is 3.30. The van der Waals surface area contributed by atoms with Crippen molar-refractivity contribution in [3.05, 3.63) is 18.0 Å². The molecule has 0 unspecified atom stereocenters. The van der Waals surface area contributed by atoms with Crippen molar-refractivity contribution in [2.45, 2.75) is 38.1 Å². The molecule has 1 saturated carbocycles. The van der Waals surface area contributed by atoms with Gasteiger partial charge in [-0.15, -0.1) is 0 Å². The van der Waals surface area contributed by atoms with E-state index in [2.05, 4.69) is 12.2 Å². The Balaban J connectivity index is 2.18. The SMILES string of the molecule is CCn1cc(S(=O)(=O)Cl)cc1C(=O)NCC1(C)CC1. The zero-order valence-electron chi connectivity index (χ0n) is 10.9. The maximum absolute atomic E-state index is 12.1. The number of nitrogens with zero attached hydrogens (tertiary/aromatic N) is 1. The Morgan fingerprint density at radius 2 is 2.16 bits per heavy atom. The topological polar surface area (TPSA) is 68.2 Å². The summed E-state index contributed by atoms with van der Waals surface area (Å²) in [4.78, 5) is 12.0. The second kappa shape index (κ2) is 4.83. The van der Waals surface area contributed by atoms with Crippen LogP contribution in [0.3, 0.4) is 0 Å². The van der Waals surface area contributed by atoms with Gasteiger partial charge in [0.2, 0.25) is 0 Å². The lowest BCUT2D eigenvalue weighted by atomic mass is 10.1. The Bertz CT molecular complexity index is 602. The van der Waals surface area contributed by atoms with E-state index in [-0.39, 0.29) is 16.2 Å². The molecule has 7 heteroatoms. The molecule has 1 aromatic rings.